The summed E-state index contributed by atoms with van der Waals surface area (Å²) in [4.78, 5) is 11.5. The maximum absolute atomic E-state index is 11.5. The second kappa shape index (κ2) is 5.43. The minimum absolute atomic E-state index is 0.00156. The van der Waals surface area contributed by atoms with E-state index in [1.807, 2.05) is 13.0 Å². The molecule has 0 amide bonds. The largest absolute Gasteiger partial charge is 0.481 e. The van der Waals surface area contributed by atoms with Crippen LogP contribution in [0.4, 0.5) is 0 Å². The Labute approximate surface area is 130 Å². The topological polar surface area (TPSA) is 62.5 Å². The summed E-state index contributed by atoms with van der Waals surface area (Å²) in [5, 5.41) is 13.9. The van der Waals surface area contributed by atoms with Crippen molar-refractivity contribution in [3.8, 4) is 0 Å². The minimum atomic E-state index is -0.710. The van der Waals surface area contributed by atoms with Crippen LogP contribution in [-0.2, 0) is 11.3 Å². The standard InChI is InChI=1S/C18H23NO3/c1-11-7-13-9-14(22-15(13)8-12(11)2)10-19-16-5-4-6-18(16,3)17(20)21/h7-9,16,19H,4-6,10H2,1-3H3,(H,20,21). The molecule has 3 rings (SSSR count). The highest BCUT2D eigenvalue weighted by Crippen LogP contribution is 2.38. The van der Waals surface area contributed by atoms with Crippen molar-refractivity contribution in [2.75, 3.05) is 0 Å². The number of nitrogens with one attached hydrogen (secondary N) is 1. The van der Waals surface area contributed by atoms with Crippen LogP contribution in [-0.4, -0.2) is 17.1 Å². The van der Waals surface area contributed by atoms with Crippen molar-refractivity contribution < 1.29 is 14.3 Å². The van der Waals surface area contributed by atoms with Crippen molar-refractivity contribution in [1.29, 1.82) is 0 Å². The van der Waals surface area contributed by atoms with Crippen LogP contribution in [0, 0.1) is 19.3 Å². The first kappa shape index (κ1) is 15.1. The summed E-state index contributed by atoms with van der Waals surface area (Å²) in [6.07, 6.45) is 2.60. The Hall–Kier alpha value is -1.81. The maximum atomic E-state index is 11.5. The molecule has 0 spiro atoms. The van der Waals surface area contributed by atoms with E-state index in [1.54, 1.807) is 0 Å². The van der Waals surface area contributed by atoms with Crippen molar-refractivity contribution in [1.82, 2.24) is 5.32 Å². The number of hydrogen-bond donors (Lipinski definition) is 2. The molecule has 1 heterocycles. The predicted octanol–water partition coefficient (Wildman–Crippen LogP) is 3.78. The number of fused-ring (bicyclic) bond motifs is 1. The molecule has 0 bridgehead atoms. The molecule has 2 atom stereocenters. The van der Waals surface area contributed by atoms with Crippen LogP contribution in [0.25, 0.3) is 11.0 Å². The van der Waals surface area contributed by atoms with Gasteiger partial charge in [-0.25, -0.2) is 0 Å². The van der Waals surface area contributed by atoms with E-state index in [4.69, 9.17) is 4.42 Å². The molecule has 1 aromatic carbocycles. The molecule has 1 aliphatic carbocycles. The molecule has 4 heteroatoms. The smallest absolute Gasteiger partial charge is 0.310 e. The van der Waals surface area contributed by atoms with E-state index in [-0.39, 0.29) is 6.04 Å². The molecular weight excluding hydrogens is 278 g/mol. The van der Waals surface area contributed by atoms with E-state index < -0.39 is 11.4 Å². The van der Waals surface area contributed by atoms with E-state index >= 15 is 0 Å². The van der Waals surface area contributed by atoms with Gasteiger partial charge < -0.3 is 14.8 Å². The van der Waals surface area contributed by atoms with Crippen LogP contribution in [0.2, 0.25) is 0 Å². The van der Waals surface area contributed by atoms with Gasteiger partial charge in [0, 0.05) is 11.4 Å². The lowest BCUT2D eigenvalue weighted by Crippen LogP contribution is -2.44. The Bertz CT molecular complexity index is 679. The lowest BCUT2D eigenvalue weighted by atomic mass is 9.85. The van der Waals surface area contributed by atoms with Gasteiger partial charge in [-0.3, -0.25) is 4.79 Å². The van der Waals surface area contributed by atoms with Crippen LogP contribution in [0.15, 0.2) is 22.6 Å². The van der Waals surface area contributed by atoms with Gasteiger partial charge in [0.1, 0.15) is 11.3 Å². The summed E-state index contributed by atoms with van der Waals surface area (Å²) in [6, 6.07) is 6.24. The number of hydrogen-bond acceptors (Lipinski definition) is 3. The molecule has 1 aromatic heterocycles. The summed E-state index contributed by atoms with van der Waals surface area (Å²) in [5.74, 6) is 0.151. The molecule has 4 nitrogen and oxygen atoms in total. The molecule has 118 valence electrons. The van der Waals surface area contributed by atoms with Gasteiger partial charge in [-0.05, 0) is 62.9 Å². The summed E-state index contributed by atoms with van der Waals surface area (Å²) in [5.41, 5.74) is 2.70. The van der Waals surface area contributed by atoms with E-state index in [2.05, 4.69) is 31.3 Å². The van der Waals surface area contributed by atoms with Crippen molar-refractivity contribution in [3.05, 3.63) is 35.1 Å². The number of benzene rings is 1. The monoisotopic (exact) mass is 301 g/mol. The molecule has 0 saturated heterocycles. The number of carboxylic acid groups (broad SMARTS) is 1. The first-order chi connectivity index (χ1) is 10.4. The van der Waals surface area contributed by atoms with Crippen LogP contribution < -0.4 is 5.32 Å². The highest BCUT2D eigenvalue weighted by molar-refractivity contribution is 5.79. The molecular formula is C18H23NO3. The summed E-state index contributed by atoms with van der Waals surface area (Å²) >= 11 is 0. The molecule has 1 fully saturated rings. The van der Waals surface area contributed by atoms with Crippen molar-refractivity contribution >= 4 is 16.9 Å². The SMILES string of the molecule is Cc1cc2cc(CNC3CCCC3(C)C(=O)O)oc2cc1C. The third kappa shape index (κ3) is 2.52. The fourth-order valence-electron chi connectivity index (χ4n) is 3.42. The van der Waals surface area contributed by atoms with Gasteiger partial charge >= 0.3 is 5.97 Å². The normalized spacial score (nSPS) is 25.0. The zero-order valence-electron chi connectivity index (χ0n) is 13.4. The Morgan fingerprint density at radius 1 is 1.36 bits per heavy atom. The van der Waals surface area contributed by atoms with Gasteiger partial charge in [-0.2, -0.15) is 0 Å². The van der Waals surface area contributed by atoms with Crippen molar-refractivity contribution in [3.63, 3.8) is 0 Å². The van der Waals surface area contributed by atoms with E-state index in [0.717, 1.165) is 36.0 Å². The summed E-state index contributed by atoms with van der Waals surface area (Å²) < 4.78 is 5.88. The third-order valence-electron chi connectivity index (χ3n) is 5.15. The molecule has 2 aromatic rings. The zero-order valence-corrected chi connectivity index (χ0v) is 13.4. The fourth-order valence-corrected chi connectivity index (χ4v) is 3.42. The molecule has 0 radical (unpaired) electrons. The maximum Gasteiger partial charge on any atom is 0.310 e. The predicted molar refractivity (Wildman–Crippen MR) is 85.9 cm³/mol. The number of carbonyl (C=O) groups is 1. The van der Waals surface area contributed by atoms with Crippen LogP contribution >= 0.6 is 0 Å². The highest BCUT2D eigenvalue weighted by Gasteiger charge is 2.44. The molecule has 1 aliphatic rings. The van der Waals surface area contributed by atoms with Crippen LogP contribution in [0.1, 0.15) is 43.1 Å². The van der Waals surface area contributed by atoms with Crippen molar-refractivity contribution in [2.24, 2.45) is 5.41 Å². The number of furan rings is 1. The average molecular weight is 301 g/mol. The molecule has 2 unspecified atom stereocenters. The molecule has 22 heavy (non-hydrogen) atoms. The number of rotatable bonds is 4. The Morgan fingerprint density at radius 2 is 2.09 bits per heavy atom. The van der Waals surface area contributed by atoms with Gasteiger partial charge in [0.05, 0.1) is 12.0 Å². The Kier molecular flexibility index (Phi) is 3.73. The molecule has 0 aliphatic heterocycles. The fraction of sp³-hybridized carbons (Fsp3) is 0.500. The quantitative estimate of drug-likeness (QED) is 0.902. The molecule has 1 saturated carbocycles. The van der Waals surface area contributed by atoms with Gasteiger partial charge in [-0.1, -0.05) is 6.42 Å². The minimum Gasteiger partial charge on any atom is -0.481 e. The van der Waals surface area contributed by atoms with E-state index in [0.29, 0.717) is 6.54 Å². The van der Waals surface area contributed by atoms with E-state index in [9.17, 15) is 9.90 Å². The lowest BCUT2D eigenvalue weighted by molar-refractivity contribution is -0.148. The number of aryl methyl sites for hydroxylation is 2. The third-order valence-corrected chi connectivity index (χ3v) is 5.15. The van der Waals surface area contributed by atoms with Crippen molar-refractivity contribution in [2.45, 2.75) is 52.6 Å². The van der Waals surface area contributed by atoms with E-state index in [1.165, 1.54) is 11.1 Å². The number of aliphatic carboxylic acids is 1. The van der Waals surface area contributed by atoms with Gasteiger partial charge in [0.25, 0.3) is 0 Å². The molecule has 2 N–H and O–H groups in total. The first-order valence-corrected chi connectivity index (χ1v) is 7.86. The van der Waals surface area contributed by atoms with Gasteiger partial charge in [0.15, 0.2) is 0 Å². The first-order valence-electron chi connectivity index (χ1n) is 7.86. The summed E-state index contributed by atoms with van der Waals surface area (Å²) in [7, 11) is 0. The Morgan fingerprint density at radius 3 is 2.82 bits per heavy atom. The lowest BCUT2D eigenvalue weighted by Gasteiger charge is -2.27. The average Bonchev–Trinajstić information content (AvgIpc) is 3.01. The highest BCUT2D eigenvalue weighted by atomic mass is 16.4. The second-order valence-electron chi connectivity index (χ2n) is 6.74. The number of carboxylic acids is 1. The summed E-state index contributed by atoms with van der Waals surface area (Å²) in [6.45, 7) is 6.58. The Balaban J connectivity index is 1.75. The second-order valence-corrected chi connectivity index (χ2v) is 6.74. The van der Waals surface area contributed by atoms with Crippen LogP contribution in [0.3, 0.4) is 0 Å². The van der Waals surface area contributed by atoms with Crippen LogP contribution in [0.5, 0.6) is 0 Å². The zero-order chi connectivity index (χ0) is 15.9. The van der Waals surface area contributed by atoms with Gasteiger partial charge in [-0.15, -0.1) is 0 Å². The van der Waals surface area contributed by atoms with Gasteiger partial charge in [0.2, 0.25) is 0 Å².